The van der Waals surface area contributed by atoms with Crippen LogP contribution < -0.4 is 4.74 Å². The van der Waals surface area contributed by atoms with Crippen LogP contribution in [0.1, 0.15) is 45.2 Å². The fourth-order valence-electron chi connectivity index (χ4n) is 2.15. The van der Waals surface area contributed by atoms with Crippen molar-refractivity contribution in [2.75, 3.05) is 13.6 Å². The van der Waals surface area contributed by atoms with Gasteiger partial charge >= 0.3 is 5.97 Å². The van der Waals surface area contributed by atoms with Crippen LogP contribution in [0.2, 0.25) is 0 Å². The number of hydrogen-bond acceptors (Lipinski definition) is 3. The molecule has 4 nitrogen and oxygen atoms in total. The normalized spacial score (nSPS) is 12.7. The number of likely N-dealkylation sites (N-methyl/N-ethyl adjacent to an activating group) is 1. The minimum atomic E-state index is -0.828. The molecule has 0 fully saturated rings. The Hall–Kier alpha value is -1.55. The molecule has 0 heterocycles. The van der Waals surface area contributed by atoms with E-state index in [1.807, 2.05) is 50.1 Å². The summed E-state index contributed by atoms with van der Waals surface area (Å²) in [5, 5.41) is 9.49. The van der Waals surface area contributed by atoms with Crippen molar-refractivity contribution in [1.29, 1.82) is 0 Å². The molecule has 0 saturated carbocycles. The van der Waals surface area contributed by atoms with Crippen LogP contribution in [0, 0.1) is 0 Å². The van der Waals surface area contributed by atoms with Gasteiger partial charge in [0, 0.05) is 0 Å². The number of rotatable bonds is 8. The fraction of sp³-hybridized carbons (Fsp3) is 0.562. The second-order valence-electron chi connectivity index (χ2n) is 5.31. The van der Waals surface area contributed by atoms with Crippen LogP contribution in [-0.4, -0.2) is 35.7 Å². The van der Waals surface area contributed by atoms with Gasteiger partial charge in [-0.2, -0.15) is 0 Å². The van der Waals surface area contributed by atoms with Gasteiger partial charge in [-0.25, -0.2) is 0 Å². The Morgan fingerprint density at radius 1 is 1.40 bits per heavy atom. The standard InChI is InChI=1S/C16H25NO3/c1-5-6-10-17(4)15(16(18)19)13-8-7-9-14(11-13)20-12(2)3/h7-9,11-12,15H,5-6,10H2,1-4H3,(H,18,19). The van der Waals surface area contributed by atoms with Crippen molar-refractivity contribution in [3.63, 3.8) is 0 Å². The number of ether oxygens (including phenoxy) is 1. The Morgan fingerprint density at radius 3 is 2.65 bits per heavy atom. The van der Waals surface area contributed by atoms with Crippen molar-refractivity contribution in [3.05, 3.63) is 29.8 Å². The molecule has 1 aromatic carbocycles. The molecule has 0 amide bonds. The number of carboxylic acids is 1. The smallest absolute Gasteiger partial charge is 0.325 e. The second kappa shape index (κ2) is 7.90. The number of hydrogen-bond donors (Lipinski definition) is 1. The third-order valence-corrected chi connectivity index (χ3v) is 3.08. The van der Waals surface area contributed by atoms with E-state index in [1.54, 1.807) is 0 Å². The molecule has 1 atom stereocenters. The summed E-state index contributed by atoms with van der Waals surface area (Å²) in [7, 11) is 1.85. The summed E-state index contributed by atoms with van der Waals surface area (Å²) >= 11 is 0. The molecule has 0 bridgehead atoms. The highest BCUT2D eigenvalue weighted by Gasteiger charge is 2.24. The molecule has 1 rings (SSSR count). The van der Waals surface area contributed by atoms with Gasteiger partial charge in [0.1, 0.15) is 11.8 Å². The number of carbonyl (C=O) groups is 1. The lowest BCUT2D eigenvalue weighted by molar-refractivity contribution is -0.143. The topological polar surface area (TPSA) is 49.8 Å². The van der Waals surface area contributed by atoms with Gasteiger partial charge in [0.2, 0.25) is 0 Å². The first-order chi connectivity index (χ1) is 9.45. The lowest BCUT2D eigenvalue weighted by Gasteiger charge is -2.25. The molecular formula is C16H25NO3. The second-order valence-corrected chi connectivity index (χ2v) is 5.31. The molecule has 1 aromatic rings. The van der Waals surface area contributed by atoms with E-state index in [0.717, 1.165) is 24.9 Å². The van der Waals surface area contributed by atoms with Crippen molar-refractivity contribution in [3.8, 4) is 5.75 Å². The molecule has 0 aromatic heterocycles. The molecule has 0 radical (unpaired) electrons. The highest BCUT2D eigenvalue weighted by atomic mass is 16.5. The van der Waals surface area contributed by atoms with E-state index in [0.29, 0.717) is 5.75 Å². The van der Waals surface area contributed by atoms with Gasteiger partial charge in [-0.3, -0.25) is 9.69 Å². The summed E-state index contributed by atoms with van der Waals surface area (Å²) in [5.41, 5.74) is 0.759. The van der Waals surface area contributed by atoms with E-state index in [2.05, 4.69) is 6.92 Å². The Bertz CT molecular complexity index is 431. The number of unbranched alkanes of at least 4 members (excludes halogenated alkanes) is 1. The number of nitrogens with zero attached hydrogens (tertiary/aromatic N) is 1. The van der Waals surface area contributed by atoms with Gasteiger partial charge in [0.05, 0.1) is 6.10 Å². The fourth-order valence-corrected chi connectivity index (χ4v) is 2.15. The molecule has 0 spiro atoms. The summed E-state index contributed by atoms with van der Waals surface area (Å²) in [4.78, 5) is 13.4. The van der Waals surface area contributed by atoms with Crippen LogP contribution in [0.5, 0.6) is 5.75 Å². The molecule has 0 aliphatic rings. The Balaban J connectivity index is 2.94. The maximum absolute atomic E-state index is 11.6. The quantitative estimate of drug-likeness (QED) is 0.793. The number of aliphatic carboxylic acids is 1. The minimum Gasteiger partial charge on any atom is -0.491 e. The van der Waals surface area contributed by atoms with E-state index in [9.17, 15) is 9.90 Å². The zero-order valence-corrected chi connectivity index (χ0v) is 12.8. The average molecular weight is 279 g/mol. The average Bonchev–Trinajstić information content (AvgIpc) is 2.35. The molecular weight excluding hydrogens is 254 g/mol. The predicted octanol–water partition coefficient (Wildman–Crippen LogP) is 3.33. The largest absolute Gasteiger partial charge is 0.491 e. The van der Waals surface area contributed by atoms with Crippen molar-refractivity contribution in [2.45, 2.75) is 45.8 Å². The maximum atomic E-state index is 11.6. The lowest BCUT2D eigenvalue weighted by Crippen LogP contribution is -2.31. The first-order valence-electron chi connectivity index (χ1n) is 7.15. The molecule has 1 unspecified atom stereocenters. The summed E-state index contributed by atoms with van der Waals surface area (Å²) < 4.78 is 5.63. The summed E-state index contributed by atoms with van der Waals surface area (Å²) in [6.45, 7) is 6.77. The molecule has 1 N–H and O–H groups in total. The number of benzene rings is 1. The van der Waals surface area contributed by atoms with Crippen molar-refractivity contribution in [1.82, 2.24) is 4.90 Å². The van der Waals surface area contributed by atoms with E-state index >= 15 is 0 Å². The highest BCUT2D eigenvalue weighted by Crippen LogP contribution is 2.24. The van der Waals surface area contributed by atoms with Gasteiger partial charge in [-0.1, -0.05) is 25.5 Å². The van der Waals surface area contributed by atoms with E-state index < -0.39 is 12.0 Å². The van der Waals surface area contributed by atoms with Crippen molar-refractivity contribution >= 4 is 5.97 Å². The van der Waals surface area contributed by atoms with E-state index in [-0.39, 0.29) is 6.10 Å². The SMILES string of the molecule is CCCCN(C)C(C(=O)O)c1cccc(OC(C)C)c1. The predicted molar refractivity (Wildman–Crippen MR) is 80.1 cm³/mol. The zero-order chi connectivity index (χ0) is 15.1. The Morgan fingerprint density at radius 2 is 2.10 bits per heavy atom. The molecule has 112 valence electrons. The molecule has 0 aliphatic carbocycles. The maximum Gasteiger partial charge on any atom is 0.325 e. The van der Waals surface area contributed by atoms with Crippen LogP contribution in [-0.2, 0) is 4.79 Å². The first kappa shape index (κ1) is 16.5. The third kappa shape index (κ3) is 4.85. The Labute approximate surface area is 121 Å². The summed E-state index contributed by atoms with van der Waals surface area (Å²) in [6, 6.07) is 6.73. The van der Waals surface area contributed by atoms with Gasteiger partial charge < -0.3 is 9.84 Å². The molecule has 0 saturated heterocycles. The van der Waals surface area contributed by atoms with Gasteiger partial charge in [0.25, 0.3) is 0 Å². The highest BCUT2D eigenvalue weighted by molar-refractivity contribution is 5.75. The van der Waals surface area contributed by atoms with E-state index in [4.69, 9.17) is 4.74 Å². The lowest BCUT2D eigenvalue weighted by atomic mass is 10.0. The van der Waals surface area contributed by atoms with Crippen LogP contribution in [0.25, 0.3) is 0 Å². The first-order valence-corrected chi connectivity index (χ1v) is 7.15. The van der Waals surface area contributed by atoms with Crippen molar-refractivity contribution in [2.24, 2.45) is 0 Å². The minimum absolute atomic E-state index is 0.0753. The molecule has 20 heavy (non-hydrogen) atoms. The van der Waals surface area contributed by atoms with Crippen LogP contribution >= 0.6 is 0 Å². The van der Waals surface area contributed by atoms with Crippen LogP contribution in [0.3, 0.4) is 0 Å². The molecule has 0 aliphatic heterocycles. The van der Waals surface area contributed by atoms with Crippen molar-refractivity contribution < 1.29 is 14.6 Å². The molecule has 4 heteroatoms. The van der Waals surface area contributed by atoms with Gasteiger partial charge in [0.15, 0.2) is 0 Å². The van der Waals surface area contributed by atoms with Gasteiger partial charge in [-0.15, -0.1) is 0 Å². The Kier molecular flexibility index (Phi) is 6.52. The monoisotopic (exact) mass is 279 g/mol. The van der Waals surface area contributed by atoms with Crippen LogP contribution in [0.4, 0.5) is 0 Å². The number of carboxylic acid groups (broad SMARTS) is 1. The summed E-state index contributed by atoms with van der Waals surface area (Å²) in [5.74, 6) is -0.113. The third-order valence-electron chi connectivity index (χ3n) is 3.08. The van der Waals surface area contributed by atoms with E-state index in [1.165, 1.54) is 0 Å². The summed E-state index contributed by atoms with van der Waals surface area (Å²) in [6.07, 6.45) is 2.11. The van der Waals surface area contributed by atoms with Crippen LogP contribution in [0.15, 0.2) is 24.3 Å². The zero-order valence-electron chi connectivity index (χ0n) is 12.8. The van der Waals surface area contributed by atoms with Gasteiger partial charge in [-0.05, 0) is 51.6 Å².